The summed E-state index contributed by atoms with van der Waals surface area (Å²) >= 11 is 16.0. The van der Waals surface area contributed by atoms with E-state index in [0.717, 1.165) is 0 Å². The highest BCUT2D eigenvalue weighted by Gasteiger charge is 2.04. The lowest BCUT2D eigenvalue weighted by atomic mass is 10.2. The SMILES string of the molecule is NC(=S)Cc1cc(Cl)nnc1Cl. The zero-order chi connectivity index (χ0) is 9.14. The van der Waals surface area contributed by atoms with E-state index in [-0.39, 0.29) is 10.3 Å². The maximum absolute atomic E-state index is 5.69. The predicted molar refractivity (Wildman–Crippen MR) is 52.5 cm³/mol. The molecule has 12 heavy (non-hydrogen) atoms. The third kappa shape index (κ3) is 2.55. The van der Waals surface area contributed by atoms with E-state index in [0.29, 0.717) is 17.0 Å². The minimum Gasteiger partial charge on any atom is -0.393 e. The molecule has 0 atom stereocenters. The van der Waals surface area contributed by atoms with Crippen molar-refractivity contribution in [2.45, 2.75) is 6.42 Å². The summed E-state index contributed by atoms with van der Waals surface area (Å²) in [6.45, 7) is 0. The predicted octanol–water partition coefficient (Wildman–Crippen LogP) is 1.61. The third-order valence-corrected chi connectivity index (χ3v) is 1.80. The van der Waals surface area contributed by atoms with E-state index >= 15 is 0 Å². The van der Waals surface area contributed by atoms with Crippen LogP contribution in [0.15, 0.2) is 6.07 Å². The van der Waals surface area contributed by atoms with Gasteiger partial charge in [0.05, 0.1) is 4.99 Å². The van der Waals surface area contributed by atoms with E-state index in [1.54, 1.807) is 6.07 Å². The second-order valence-electron chi connectivity index (χ2n) is 2.13. The first-order valence-corrected chi connectivity index (χ1v) is 4.22. The monoisotopic (exact) mass is 221 g/mol. The van der Waals surface area contributed by atoms with Crippen molar-refractivity contribution in [1.29, 1.82) is 0 Å². The van der Waals surface area contributed by atoms with Crippen molar-refractivity contribution < 1.29 is 0 Å². The van der Waals surface area contributed by atoms with Crippen LogP contribution >= 0.6 is 35.4 Å². The molecule has 0 spiro atoms. The largest absolute Gasteiger partial charge is 0.393 e. The average molecular weight is 222 g/mol. The van der Waals surface area contributed by atoms with Crippen molar-refractivity contribution in [2.24, 2.45) is 5.73 Å². The summed E-state index contributed by atoms with van der Waals surface area (Å²) in [7, 11) is 0. The number of hydrogen-bond donors (Lipinski definition) is 1. The molecule has 0 amide bonds. The van der Waals surface area contributed by atoms with Crippen LogP contribution in [0, 0.1) is 0 Å². The first kappa shape index (κ1) is 9.64. The summed E-state index contributed by atoms with van der Waals surface area (Å²) in [5, 5.41) is 7.71. The van der Waals surface area contributed by atoms with Crippen molar-refractivity contribution in [1.82, 2.24) is 10.2 Å². The van der Waals surface area contributed by atoms with Crippen LogP contribution < -0.4 is 5.73 Å². The fourth-order valence-corrected chi connectivity index (χ4v) is 1.18. The van der Waals surface area contributed by atoms with Crippen molar-refractivity contribution in [3.8, 4) is 0 Å². The quantitative estimate of drug-likeness (QED) is 0.772. The summed E-state index contributed by atoms with van der Waals surface area (Å²) in [5.41, 5.74) is 6.02. The number of thiocarbonyl (C=S) groups is 1. The van der Waals surface area contributed by atoms with Gasteiger partial charge >= 0.3 is 0 Å². The van der Waals surface area contributed by atoms with Crippen LogP contribution in [0.25, 0.3) is 0 Å². The van der Waals surface area contributed by atoms with Gasteiger partial charge in [0.2, 0.25) is 0 Å². The summed E-state index contributed by atoms with van der Waals surface area (Å²) in [6, 6.07) is 1.59. The molecule has 0 radical (unpaired) electrons. The molecule has 0 aromatic carbocycles. The number of hydrogen-bond acceptors (Lipinski definition) is 3. The van der Waals surface area contributed by atoms with Crippen LogP contribution in [0.4, 0.5) is 0 Å². The van der Waals surface area contributed by atoms with Crippen molar-refractivity contribution in [3.63, 3.8) is 0 Å². The molecule has 0 saturated carbocycles. The molecule has 0 saturated heterocycles. The Morgan fingerprint density at radius 2 is 2.17 bits per heavy atom. The molecule has 0 bridgehead atoms. The van der Waals surface area contributed by atoms with Gasteiger partial charge < -0.3 is 5.73 Å². The maximum Gasteiger partial charge on any atom is 0.155 e. The van der Waals surface area contributed by atoms with E-state index in [2.05, 4.69) is 10.2 Å². The van der Waals surface area contributed by atoms with E-state index in [4.69, 9.17) is 41.2 Å². The molecule has 0 aliphatic carbocycles. The van der Waals surface area contributed by atoms with Crippen LogP contribution in [0.3, 0.4) is 0 Å². The van der Waals surface area contributed by atoms with Gasteiger partial charge in [-0.2, -0.15) is 0 Å². The lowest BCUT2D eigenvalue weighted by Crippen LogP contribution is -2.11. The van der Waals surface area contributed by atoms with Gasteiger partial charge in [-0.15, -0.1) is 10.2 Å². The standard InChI is InChI=1S/C6H5Cl2N3S/c7-4-1-3(2-5(9)12)6(8)11-10-4/h1H,2H2,(H2,9,12). The minimum atomic E-state index is 0.283. The molecule has 0 fully saturated rings. The van der Waals surface area contributed by atoms with Crippen LogP contribution in [0.5, 0.6) is 0 Å². The lowest BCUT2D eigenvalue weighted by Gasteiger charge is -2.00. The summed E-state index contributed by atoms with van der Waals surface area (Å²) in [5.74, 6) is 0. The molecule has 2 N–H and O–H groups in total. The van der Waals surface area contributed by atoms with Gasteiger partial charge in [-0.3, -0.25) is 0 Å². The summed E-state index contributed by atoms with van der Waals surface area (Å²) in [6.07, 6.45) is 0.392. The minimum absolute atomic E-state index is 0.283. The van der Waals surface area contributed by atoms with Crippen LogP contribution in [0.2, 0.25) is 10.3 Å². The highest BCUT2D eigenvalue weighted by Crippen LogP contribution is 2.15. The Bertz CT molecular complexity index is 316. The first-order valence-electron chi connectivity index (χ1n) is 3.05. The fraction of sp³-hybridized carbons (Fsp3) is 0.167. The number of rotatable bonds is 2. The van der Waals surface area contributed by atoms with Gasteiger partial charge in [-0.1, -0.05) is 35.4 Å². The summed E-state index contributed by atoms with van der Waals surface area (Å²) in [4.78, 5) is 0.348. The fourth-order valence-electron chi connectivity index (χ4n) is 0.700. The Labute approximate surface area is 84.9 Å². The van der Waals surface area contributed by atoms with E-state index in [1.165, 1.54) is 0 Å². The van der Waals surface area contributed by atoms with Gasteiger partial charge in [0.15, 0.2) is 10.3 Å². The van der Waals surface area contributed by atoms with Gasteiger partial charge in [0.25, 0.3) is 0 Å². The molecule has 1 aromatic rings. The highest BCUT2D eigenvalue weighted by molar-refractivity contribution is 7.80. The number of nitrogens with two attached hydrogens (primary N) is 1. The summed E-state index contributed by atoms with van der Waals surface area (Å²) < 4.78 is 0. The Kier molecular flexibility index (Phi) is 3.20. The molecular weight excluding hydrogens is 217 g/mol. The Balaban J connectivity index is 2.97. The van der Waals surface area contributed by atoms with Crippen LogP contribution in [0.1, 0.15) is 5.56 Å². The molecule has 6 heteroatoms. The van der Waals surface area contributed by atoms with E-state index in [9.17, 15) is 0 Å². The molecule has 0 unspecified atom stereocenters. The second kappa shape index (κ2) is 3.98. The third-order valence-electron chi connectivity index (χ3n) is 1.16. The van der Waals surface area contributed by atoms with E-state index in [1.807, 2.05) is 0 Å². The maximum atomic E-state index is 5.69. The molecule has 64 valence electrons. The number of aromatic nitrogens is 2. The molecular formula is C6H5Cl2N3S. The molecule has 1 rings (SSSR count). The molecule has 3 nitrogen and oxygen atoms in total. The average Bonchev–Trinajstić information content (AvgIpc) is 1.96. The number of nitrogens with zero attached hydrogens (tertiary/aromatic N) is 2. The molecule has 1 heterocycles. The van der Waals surface area contributed by atoms with Crippen molar-refractivity contribution in [2.75, 3.05) is 0 Å². The van der Waals surface area contributed by atoms with Crippen molar-refractivity contribution in [3.05, 3.63) is 21.9 Å². The normalized spacial score (nSPS) is 9.83. The molecule has 0 aliphatic rings. The number of halogens is 2. The van der Waals surface area contributed by atoms with Crippen LogP contribution in [-0.4, -0.2) is 15.2 Å². The lowest BCUT2D eigenvalue weighted by molar-refractivity contribution is 1.01. The Morgan fingerprint density at radius 1 is 1.50 bits per heavy atom. The topological polar surface area (TPSA) is 51.8 Å². The second-order valence-corrected chi connectivity index (χ2v) is 3.40. The zero-order valence-corrected chi connectivity index (χ0v) is 8.25. The van der Waals surface area contributed by atoms with E-state index < -0.39 is 0 Å². The van der Waals surface area contributed by atoms with Gasteiger partial charge in [0, 0.05) is 12.0 Å². The van der Waals surface area contributed by atoms with Crippen LogP contribution in [-0.2, 0) is 6.42 Å². The Morgan fingerprint density at radius 3 is 2.75 bits per heavy atom. The smallest absolute Gasteiger partial charge is 0.155 e. The van der Waals surface area contributed by atoms with Gasteiger partial charge in [0.1, 0.15) is 0 Å². The Hall–Kier alpha value is -0.450. The molecule has 0 aliphatic heterocycles. The molecule has 1 aromatic heterocycles. The van der Waals surface area contributed by atoms with Gasteiger partial charge in [-0.05, 0) is 6.07 Å². The highest BCUT2D eigenvalue weighted by atomic mass is 35.5. The first-order chi connectivity index (χ1) is 5.59. The van der Waals surface area contributed by atoms with Gasteiger partial charge in [-0.25, -0.2) is 0 Å². The zero-order valence-electron chi connectivity index (χ0n) is 5.92. The van der Waals surface area contributed by atoms with Crippen molar-refractivity contribution >= 4 is 40.4 Å².